The van der Waals surface area contributed by atoms with E-state index in [0.717, 1.165) is 18.7 Å². The molecule has 0 saturated heterocycles. The zero-order valence-electron chi connectivity index (χ0n) is 16.1. The number of nitrogens with zero attached hydrogens (tertiary/aromatic N) is 2. The summed E-state index contributed by atoms with van der Waals surface area (Å²) in [6, 6.07) is 0. The average molecular weight is 322 g/mol. The van der Waals surface area contributed by atoms with Gasteiger partial charge in [0.2, 0.25) is 0 Å². The van der Waals surface area contributed by atoms with Crippen molar-refractivity contribution in [2.45, 2.75) is 86.1 Å². The van der Waals surface area contributed by atoms with Crippen molar-refractivity contribution in [2.24, 2.45) is 5.41 Å². The largest absolute Gasteiger partial charge is 0.351 e. The van der Waals surface area contributed by atoms with Crippen LogP contribution in [-0.4, -0.2) is 22.2 Å². The van der Waals surface area contributed by atoms with Gasteiger partial charge >= 0.3 is 0 Å². The van der Waals surface area contributed by atoms with Crippen LogP contribution in [-0.2, 0) is 12.0 Å². The zero-order valence-corrected chi connectivity index (χ0v) is 16.1. The van der Waals surface area contributed by atoms with Crippen molar-refractivity contribution in [2.75, 3.05) is 6.54 Å². The summed E-state index contributed by atoms with van der Waals surface area (Å²) in [4.78, 5) is 12.7. The third-order valence-corrected chi connectivity index (χ3v) is 4.23. The Hall–Kier alpha value is -1.32. The minimum absolute atomic E-state index is 0.00167. The molecular weight excluding hydrogens is 286 g/mol. The topological polar surface area (TPSA) is 46.9 Å². The number of aryl methyl sites for hydroxylation is 1. The summed E-state index contributed by atoms with van der Waals surface area (Å²) in [6.07, 6.45) is 6.73. The second kappa shape index (κ2) is 7.98. The van der Waals surface area contributed by atoms with Gasteiger partial charge in [-0.1, -0.05) is 60.8 Å². The van der Waals surface area contributed by atoms with E-state index in [1.807, 2.05) is 17.8 Å². The standard InChI is InChI=1S/C19H35N3O/c1-8-10-11-12-19(6,7)14-20-17(23)15-13-22(9-2)21-16(15)18(3,4)5/h13H,8-12,14H2,1-7H3,(H,20,23). The molecule has 0 saturated carbocycles. The maximum atomic E-state index is 12.7. The van der Waals surface area contributed by atoms with Crippen LogP contribution < -0.4 is 5.32 Å². The highest BCUT2D eigenvalue weighted by Gasteiger charge is 2.27. The van der Waals surface area contributed by atoms with Gasteiger partial charge in [0.15, 0.2) is 0 Å². The minimum atomic E-state index is -0.135. The molecule has 4 nitrogen and oxygen atoms in total. The highest BCUT2D eigenvalue weighted by Crippen LogP contribution is 2.26. The number of nitrogens with one attached hydrogen (secondary N) is 1. The second-order valence-electron chi connectivity index (χ2n) is 8.30. The fourth-order valence-corrected chi connectivity index (χ4v) is 2.66. The third-order valence-electron chi connectivity index (χ3n) is 4.23. The number of carbonyl (C=O) groups excluding carboxylic acids is 1. The van der Waals surface area contributed by atoms with Crippen molar-refractivity contribution in [3.05, 3.63) is 17.5 Å². The molecule has 0 atom stereocenters. The highest BCUT2D eigenvalue weighted by atomic mass is 16.1. The highest BCUT2D eigenvalue weighted by molar-refractivity contribution is 5.95. The Morgan fingerprint density at radius 1 is 1.17 bits per heavy atom. The molecule has 4 heteroatoms. The summed E-state index contributed by atoms with van der Waals surface area (Å²) in [5.41, 5.74) is 1.58. The van der Waals surface area contributed by atoms with E-state index in [-0.39, 0.29) is 16.7 Å². The Morgan fingerprint density at radius 2 is 1.83 bits per heavy atom. The van der Waals surface area contributed by atoms with Crippen LogP contribution >= 0.6 is 0 Å². The van der Waals surface area contributed by atoms with Gasteiger partial charge in [-0.25, -0.2) is 0 Å². The Balaban J connectivity index is 2.76. The molecule has 0 fully saturated rings. The lowest BCUT2D eigenvalue weighted by Gasteiger charge is -2.25. The van der Waals surface area contributed by atoms with Crippen molar-refractivity contribution in [1.29, 1.82) is 0 Å². The summed E-state index contributed by atoms with van der Waals surface area (Å²) >= 11 is 0. The van der Waals surface area contributed by atoms with Crippen LogP contribution in [0.25, 0.3) is 0 Å². The minimum Gasteiger partial charge on any atom is -0.351 e. The fraction of sp³-hybridized carbons (Fsp3) is 0.789. The SMILES string of the molecule is CCCCCC(C)(C)CNC(=O)c1cn(CC)nc1C(C)(C)C. The summed E-state index contributed by atoms with van der Waals surface area (Å²) in [5.74, 6) is -0.00167. The van der Waals surface area contributed by atoms with Crippen LogP contribution in [0.1, 0.15) is 90.2 Å². The first-order valence-electron chi connectivity index (χ1n) is 8.97. The summed E-state index contributed by atoms with van der Waals surface area (Å²) in [7, 11) is 0. The van der Waals surface area contributed by atoms with Crippen molar-refractivity contribution in [1.82, 2.24) is 15.1 Å². The molecule has 1 amide bonds. The van der Waals surface area contributed by atoms with Crippen molar-refractivity contribution < 1.29 is 4.79 Å². The van der Waals surface area contributed by atoms with Crippen LogP contribution in [0.15, 0.2) is 6.20 Å². The zero-order chi connectivity index (χ0) is 17.7. The quantitative estimate of drug-likeness (QED) is 0.715. The lowest BCUT2D eigenvalue weighted by molar-refractivity contribution is 0.0931. The number of rotatable bonds is 8. The lowest BCUT2D eigenvalue weighted by Crippen LogP contribution is -2.35. The first-order chi connectivity index (χ1) is 10.6. The first-order valence-corrected chi connectivity index (χ1v) is 8.97. The van der Waals surface area contributed by atoms with Crippen LogP contribution in [0.3, 0.4) is 0 Å². The Labute approximate surface area is 142 Å². The predicted octanol–water partition coefficient (Wildman–Crippen LogP) is 4.54. The van der Waals surface area contributed by atoms with Crippen LogP contribution in [0, 0.1) is 5.41 Å². The molecule has 0 unspecified atom stereocenters. The molecule has 0 spiro atoms. The van der Waals surface area contributed by atoms with Gasteiger partial charge in [-0.3, -0.25) is 9.48 Å². The molecule has 0 radical (unpaired) electrons. The molecule has 1 aromatic heterocycles. The number of hydrogen-bond acceptors (Lipinski definition) is 2. The number of amides is 1. The summed E-state index contributed by atoms with van der Waals surface area (Å²) in [6.45, 7) is 16.5. The van der Waals surface area contributed by atoms with Gasteiger partial charge in [-0.15, -0.1) is 0 Å². The monoisotopic (exact) mass is 321 g/mol. The van der Waals surface area contributed by atoms with Gasteiger partial charge < -0.3 is 5.32 Å². The Morgan fingerprint density at radius 3 is 2.35 bits per heavy atom. The predicted molar refractivity (Wildman–Crippen MR) is 96.9 cm³/mol. The number of unbranched alkanes of at least 4 members (excludes halogenated alkanes) is 2. The van der Waals surface area contributed by atoms with Gasteiger partial charge in [0, 0.05) is 24.7 Å². The molecule has 0 aromatic carbocycles. The molecule has 0 bridgehead atoms. The van der Waals surface area contributed by atoms with E-state index in [1.54, 1.807) is 0 Å². The molecule has 1 N–H and O–H groups in total. The number of carbonyl (C=O) groups is 1. The second-order valence-corrected chi connectivity index (χ2v) is 8.30. The normalized spacial score (nSPS) is 12.5. The van der Waals surface area contributed by atoms with Gasteiger partial charge in [0.05, 0.1) is 11.3 Å². The molecule has 1 heterocycles. The Kier molecular flexibility index (Phi) is 6.84. The van der Waals surface area contributed by atoms with E-state index < -0.39 is 0 Å². The molecule has 0 aliphatic heterocycles. The first kappa shape index (κ1) is 19.7. The maximum Gasteiger partial charge on any atom is 0.254 e. The average Bonchev–Trinajstić information content (AvgIpc) is 2.89. The maximum absolute atomic E-state index is 12.7. The molecule has 1 aromatic rings. The fourth-order valence-electron chi connectivity index (χ4n) is 2.66. The van der Waals surface area contributed by atoms with E-state index in [0.29, 0.717) is 12.1 Å². The van der Waals surface area contributed by atoms with E-state index in [2.05, 4.69) is 52.0 Å². The molecule has 0 aliphatic rings. The molecular formula is C19H35N3O. The Bertz CT molecular complexity index is 509. The number of hydrogen-bond donors (Lipinski definition) is 1. The molecule has 0 aliphatic carbocycles. The van der Waals surface area contributed by atoms with E-state index in [9.17, 15) is 4.79 Å². The molecule has 132 valence electrons. The third kappa shape index (κ3) is 6.00. The van der Waals surface area contributed by atoms with Gasteiger partial charge in [-0.2, -0.15) is 5.10 Å². The van der Waals surface area contributed by atoms with Crippen molar-refractivity contribution >= 4 is 5.91 Å². The van der Waals surface area contributed by atoms with E-state index in [4.69, 9.17) is 0 Å². The van der Waals surface area contributed by atoms with Crippen LogP contribution in [0.5, 0.6) is 0 Å². The van der Waals surface area contributed by atoms with Crippen LogP contribution in [0.2, 0.25) is 0 Å². The summed E-state index contributed by atoms with van der Waals surface area (Å²) < 4.78 is 1.85. The van der Waals surface area contributed by atoms with E-state index in [1.165, 1.54) is 19.3 Å². The van der Waals surface area contributed by atoms with Crippen molar-refractivity contribution in [3.63, 3.8) is 0 Å². The van der Waals surface area contributed by atoms with Gasteiger partial charge in [-0.05, 0) is 18.8 Å². The van der Waals surface area contributed by atoms with Gasteiger partial charge in [0.1, 0.15) is 0 Å². The lowest BCUT2D eigenvalue weighted by atomic mass is 9.86. The van der Waals surface area contributed by atoms with E-state index >= 15 is 0 Å². The van der Waals surface area contributed by atoms with Crippen LogP contribution in [0.4, 0.5) is 0 Å². The van der Waals surface area contributed by atoms with Gasteiger partial charge in [0.25, 0.3) is 5.91 Å². The summed E-state index contributed by atoms with van der Waals surface area (Å²) in [5, 5.41) is 7.71. The van der Waals surface area contributed by atoms with Crippen molar-refractivity contribution in [3.8, 4) is 0 Å². The molecule has 1 rings (SSSR count). The number of aromatic nitrogens is 2. The molecule has 23 heavy (non-hydrogen) atoms. The smallest absolute Gasteiger partial charge is 0.254 e.